The lowest BCUT2D eigenvalue weighted by molar-refractivity contribution is -0.139. The Kier molecular flexibility index (Phi) is 5.92. The van der Waals surface area contributed by atoms with Crippen molar-refractivity contribution in [2.75, 3.05) is 18.1 Å². The number of carbonyl (C=O) groups is 1. The lowest BCUT2D eigenvalue weighted by Crippen LogP contribution is -2.28. The van der Waals surface area contributed by atoms with E-state index in [2.05, 4.69) is 4.74 Å². The molecule has 0 aromatic heterocycles. The Balaban J connectivity index is 2.91. The number of aryl methyl sites for hydroxylation is 3. The zero-order chi connectivity index (χ0) is 16.2. The summed E-state index contributed by atoms with van der Waals surface area (Å²) >= 11 is 0. The second-order valence-electron chi connectivity index (χ2n) is 5.28. The molecule has 0 saturated carbocycles. The third-order valence-electron chi connectivity index (χ3n) is 3.19. The molecule has 1 rings (SSSR count). The normalized spacial score (nSPS) is 13.0. The molecular formula is C15H23NO4S. The summed E-state index contributed by atoms with van der Waals surface area (Å²) in [7, 11) is -3.59. The molecule has 0 spiro atoms. The predicted molar refractivity (Wildman–Crippen MR) is 82.9 cm³/mol. The third-order valence-corrected chi connectivity index (χ3v) is 4.73. The molecule has 0 saturated heterocycles. The number of nitrogens with two attached hydrogens (primary N) is 1. The molecule has 0 amide bonds. The molecule has 1 aromatic rings. The minimum Gasteiger partial charge on any atom is -0.465 e. The van der Waals surface area contributed by atoms with E-state index in [-0.39, 0.29) is 12.4 Å². The molecule has 0 aliphatic heterocycles. The molecule has 0 aliphatic carbocycles. The Bertz CT molecular complexity index is 600. The molecule has 118 valence electrons. The molecule has 1 aromatic carbocycles. The van der Waals surface area contributed by atoms with Crippen molar-refractivity contribution in [3.8, 4) is 0 Å². The molecule has 1 atom stereocenters. The Hall–Kier alpha value is -1.40. The average Bonchev–Trinajstić information content (AvgIpc) is 2.25. The van der Waals surface area contributed by atoms with E-state index < -0.39 is 27.6 Å². The minimum absolute atomic E-state index is 0.163. The van der Waals surface area contributed by atoms with Crippen LogP contribution in [-0.4, -0.2) is 32.5 Å². The van der Waals surface area contributed by atoms with Gasteiger partial charge in [-0.3, -0.25) is 4.79 Å². The zero-order valence-electron chi connectivity index (χ0n) is 13.0. The van der Waals surface area contributed by atoms with Gasteiger partial charge in [-0.1, -0.05) is 17.7 Å². The van der Waals surface area contributed by atoms with Gasteiger partial charge in [-0.2, -0.15) is 0 Å². The number of sulfone groups is 1. The van der Waals surface area contributed by atoms with Crippen molar-refractivity contribution in [2.24, 2.45) is 5.73 Å². The van der Waals surface area contributed by atoms with Crippen LogP contribution in [0, 0.1) is 20.8 Å². The van der Waals surface area contributed by atoms with E-state index >= 15 is 0 Å². The van der Waals surface area contributed by atoms with Crippen molar-refractivity contribution in [1.82, 2.24) is 0 Å². The van der Waals surface area contributed by atoms with E-state index in [1.807, 2.05) is 32.9 Å². The Morgan fingerprint density at radius 3 is 2.24 bits per heavy atom. The highest BCUT2D eigenvalue weighted by molar-refractivity contribution is 7.92. The summed E-state index contributed by atoms with van der Waals surface area (Å²) < 4.78 is 28.7. The summed E-state index contributed by atoms with van der Waals surface area (Å²) in [6, 6.07) is 3.30. The van der Waals surface area contributed by atoms with E-state index in [9.17, 15) is 13.2 Å². The number of hydrogen-bond donors (Lipinski definition) is 1. The van der Waals surface area contributed by atoms with E-state index in [0.29, 0.717) is 0 Å². The van der Waals surface area contributed by atoms with E-state index in [4.69, 9.17) is 5.73 Å². The van der Waals surface area contributed by atoms with E-state index in [1.165, 1.54) is 0 Å². The van der Waals surface area contributed by atoms with Crippen LogP contribution < -0.4 is 5.73 Å². The van der Waals surface area contributed by atoms with Gasteiger partial charge in [0.25, 0.3) is 0 Å². The summed E-state index contributed by atoms with van der Waals surface area (Å²) in [5.41, 5.74) is 9.91. The van der Waals surface area contributed by atoms with E-state index in [0.717, 1.165) is 22.3 Å². The predicted octanol–water partition coefficient (Wildman–Crippen LogP) is 1.59. The number of esters is 1. The van der Waals surface area contributed by atoms with Crippen molar-refractivity contribution in [3.05, 3.63) is 34.4 Å². The molecule has 0 fully saturated rings. The first-order chi connectivity index (χ1) is 9.66. The first-order valence-corrected chi connectivity index (χ1v) is 8.67. The van der Waals surface area contributed by atoms with Crippen LogP contribution in [-0.2, 0) is 19.4 Å². The van der Waals surface area contributed by atoms with Gasteiger partial charge >= 0.3 is 5.97 Å². The van der Waals surface area contributed by atoms with Crippen LogP contribution in [0.1, 0.15) is 35.2 Å². The molecule has 6 heteroatoms. The van der Waals surface area contributed by atoms with Crippen LogP contribution in [0.2, 0.25) is 0 Å². The topological polar surface area (TPSA) is 86.5 Å². The first-order valence-electron chi connectivity index (χ1n) is 6.85. The van der Waals surface area contributed by atoms with Gasteiger partial charge in [-0.25, -0.2) is 8.42 Å². The van der Waals surface area contributed by atoms with Gasteiger partial charge in [-0.15, -0.1) is 0 Å². The maximum atomic E-state index is 12.0. The van der Waals surface area contributed by atoms with Crippen LogP contribution in [0.15, 0.2) is 12.1 Å². The maximum Gasteiger partial charge on any atom is 0.321 e. The monoisotopic (exact) mass is 313 g/mol. The van der Waals surface area contributed by atoms with Crippen molar-refractivity contribution in [3.63, 3.8) is 0 Å². The summed E-state index contributed by atoms with van der Waals surface area (Å²) in [6.45, 7) is 7.60. The van der Waals surface area contributed by atoms with Gasteiger partial charge in [0.15, 0.2) is 9.84 Å². The van der Waals surface area contributed by atoms with E-state index in [1.54, 1.807) is 6.92 Å². The van der Waals surface area contributed by atoms with Crippen LogP contribution >= 0.6 is 0 Å². The largest absolute Gasteiger partial charge is 0.465 e. The second kappa shape index (κ2) is 7.04. The lowest BCUT2D eigenvalue weighted by atomic mass is 9.95. The van der Waals surface area contributed by atoms with Crippen LogP contribution in [0.25, 0.3) is 0 Å². The van der Waals surface area contributed by atoms with Gasteiger partial charge in [-0.05, 0) is 44.4 Å². The summed E-state index contributed by atoms with van der Waals surface area (Å²) in [6.07, 6.45) is 0. The molecule has 2 N–H and O–H groups in total. The quantitative estimate of drug-likeness (QED) is 0.806. The number of rotatable bonds is 6. The summed E-state index contributed by atoms with van der Waals surface area (Å²) in [5.74, 6) is -1.63. The van der Waals surface area contributed by atoms with Crippen LogP contribution in [0.5, 0.6) is 0 Å². The highest BCUT2D eigenvalue weighted by Crippen LogP contribution is 2.23. The fourth-order valence-corrected chi connectivity index (χ4v) is 3.85. The Labute approximate surface area is 126 Å². The summed E-state index contributed by atoms with van der Waals surface area (Å²) in [5, 5.41) is 0. The molecule has 0 bridgehead atoms. The average molecular weight is 313 g/mol. The van der Waals surface area contributed by atoms with Gasteiger partial charge in [0.05, 0.1) is 12.4 Å². The van der Waals surface area contributed by atoms with Gasteiger partial charge in [0, 0.05) is 6.04 Å². The number of carbonyl (C=O) groups excluding carboxylic acids is 1. The fourth-order valence-electron chi connectivity index (χ4n) is 2.57. The number of ether oxygens (including phenoxy) is 1. The van der Waals surface area contributed by atoms with Gasteiger partial charge in [0.2, 0.25) is 0 Å². The molecule has 1 unspecified atom stereocenters. The zero-order valence-corrected chi connectivity index (χ0v) is 13.8. The minimum atomic E-state index is -3.59. The Morgan fingerprint density at radius 1 is 1.24 bits per heavy atom. The van der Waals surface area contributed by atoms with Crippen molar-refractivity contribution in [2.45, 2.75) is 33.7 Å². The fraction of sp³-hybridized carbons (Fsp3) is 0.533. The standard InChI is InChI=1S/C15H23NO4S/c1-5-20-14(17)9-21(18,19)8-13(16)15-11(3)6-10(2)7-12(15)4/h6-7,13H,5,8-9,16H2,1-4H3. The van der Waals surface area contributed by atoms with Gasteiger partial charge < -0.3 is 10.5 Å². The van der Waals surface area contributed by atoms with Crippen LogP contribution in [0.4, 0.5) is 0 Å². The summed E-state index contributed by atoms with van der Waals surface area (Å²) in [4.78, 5) is 11.3. The molecule has 0 aliphatic rings. The molecule has 0 heterocycles. The SMILES string of the molecule is CCOC(=O)CS(=O)(=O)CC(N)c1c(C)cc(C)cc1C. The van der Waals surface area contributed by atoms with Crippen molar-refractivity contribution < 1.29 is 17.9 Å². The highest BCUT2D eigenvalue weighted by atomic mass is 32.2. The first kappa shape index (κ1) is 17.7. The molecular weight excluding hydrogens is 290 g/mol. The number of benzene rings is 1. The maximum absolute atomic E-state index is 12.0. The van der Waals surface area contributed by atoms with Gasteiger partial charge in [0.1, 0.15) is 5.75 Å². The molecule has 0 radical (unpaired) electrons. The van der Waals surface area contributed by atoms with Crippen molar-refractivity contribution in [1.29, 1.82) is 0 Å². The van der Waals surface area contributed by atoms with Crippen molar-refractivity contribution >= 4 is 15.8 Å². The molecule has 21 heavy (non-hydrogen) atoms. The number of hydrogen-bond acceptors (Lipinski definition) is 5. The Morgan fingerprint density at radius 2 is 1.76 bits per heavy atom. The third kappa shape index (κ3) is 5.13. The second-order valence-corrected chi connectivity index (χ2v) is 7.39. The van der Waals surface area contributed by atoms with Crippen LogP contribution in [0.3, 0.4) is 0 Å². The highest BCUT2D eigenvalue weighted by Gasteiger charge is 2.23. The lowest BCUT2D eigenvalue weighted by Gasteiger charge is -2.18. The smallest absolute Gasteiger partial charge is 0.321 e. The molecule has 5 nitrogen and oxygen atoms in total.